The number of nitrogens with one attached hydrogen (secondary N) is 1. The highest BCUT2D eigenvalue weighted by Crippen LogP contribution is 2.27. The topological polar surface area (TPSA) is 101 Å². The molecule has 1 saturated heterocycles. The Balaban J connectivity index is 2.37. The van der Waals surface area contributed by atoms with Crippen LogP contribution in [0.3, 0.4) is 0 Å². The van der Waals surface area contributed by atoms with Crippen LogP contribution < -0.4 is 16.0 Å². The first kappa shape index (κ1) is 16.2. The van der Waals surface area contributed by atoms with E-state index in [4.69, 9.17) is 5.73 Å². The van der Waals surface area contributed by atoms with Crippen molar-refractivity contribution in [2.45, 2.75) is 19.2 Å². The van der Waals surface area contributed by atoms with Gasteiger partial charge in [-0.15, -0.1) is 0 Å². The summed E-state index contributed by atoms with van der Waals surface area (Å²) >= 11 is 1.65. The van der Waals surface area contributed by atoms with Gasteiger partial charge in [-0.1, -0.05) is 6.92 Å². The zero-order valence-corrected chi connectivity index (χ0v) is 13.9. The second-order valence-corrected chi connectivity index (χ2v) is 8.27. The van der Waals surface area contributed by atoms with Crippen LogP contribution in [0.2, 0.25) is 0 Å². The van der Waals surface area contributed by atoms with Gasteiger partial charge in [0.2, 0.25) is 5.95 Å². The van der Waals surface area contributed by atoms with E-state index >= 15 is 0 Å². The van der Waals surface area contributed by atoms with Crippen LogP contribution >= 0.6 is 11.8 Å². The van der Waals surface area contributed by atoms with Crippen LogP contribution in [0.4, 0.5) is 17.6 Å². The molecule has 1 aliphatic heterocycles. The molecule has 1 unspecified atom stereocenters. The Morgan fingerprint density at radius 3 is 2.90 bits per heavy atom. The van der Waals surface area contributed by atoms with Crippen molar-refractivity contribution in [1.82, 2.24) is 9.97 Å². The molecule has 0 bridgehead atoms. The number of anilines is 3. The summed E-state index contributed by atoms with van der Waals surface area (Å²) in [5.74, 6) is 2.88. The SMILES string of the molecule is CCNc1cc(N2CCSCC2S(=O)(=O)CC)nc(N)n1. The van der Waals surface area contributed by atoms with Crippen molar-refractivity contribution in [2.24, 2.45) is 0 Å². The molecular formula is C12H21N5O2S2. The molecular weight excluding hydrogens is 310 g/mol. The Hall–Kier alpha value is -1.22. The van der Waals surface area contributed by atoms with Gasteiger partial charge >= 0.3 is 0 Å². The molecule has 1 fully saturated rings. The second kappa shape index (κ2) is 6.69. The first-order valence-corrected chi connectivity index (χ1v) is 9.79. The predicted octanol–water partition coefficient (Wildman–Crippen LogP) is 0.805. The Kier molecular flexibility index (Phi) is 5.15. The van der Waals surface area contributed by atoms with Gasteiger partial charge in [0.25, 0.3) is 0 Å². The van der Waals surface area contributed by atoms with E-state index in [2.05, 4.69) is 15.3 Å². The summed E-state index contributed by atoms with van der Waals surface area (Å²) < 4.78 is 24.6. The third-order valence-corrected chi connectivity index (χ3v) is 6.57. The molecule has 0 amide bonds. The van der Waals surface area contributed by atoms with Gasteiger partial charge in [0.05, 0.1) is 0 Å². The minimum Gasteiger partial charge on any atom is -0.370 e. The first-order valence-electron chi connectivity index (χ1n) is 6.92. The maximum Gasteiger partial charge on any atom is 0.223 e. The van der Waals surface area contributed by atoms with Crippen LogP contribution in [0.15, 0.2) is 6.07 Å². The van der Waals surface area contributed by atoms with Crippen LogP contribution in [-0.2, 0) is 9.84 Å². The second-order valence-electron chi connectivity index (χ2n) is 4.67. The fraction of sp³-hybridized carbons (Fsp3) is 0.667. The molecule has 2 heterocycles. The van der Waals surface area contributed by atoms with Crippen molar-refractivity contribution in [1.29, 1.82) is 0 Å². The number of aromatic nitrogens is 2. The molecule has 0 spiro atoms. The van der Waals surface area contributed by atoms with Crippen molar-refractivity contribution in [3.05, 3.63) is 6.07 Å². The van der Waals surface area contributed by atoms with E-state index in [0.29, 0.717) is 30.5 Å². The van der Waals surface area contributed by atoms with E-state index in [1.54, 1.807) is 24.8 Å². The molecule has 0 aliphatic carbocycles. The van der Waals surface area contributed by atoms with Gasteiger partial charge in [0, 0.05) is 36.4 Å². The highest BCUT2D eigenvalue weighted by molar-refractivity contribution is 8.01. The van der Waals surface area contributed by atoms with Crippen LogP contribution in [0.1, 0.15) is 13.8 Å². The largest absolute Gasteiger partial charge is 0.370 e. The average Bonchev–Trinajstić information content (AvgIpc) is 2.47. The smallest absolute Gasteiger partial charge is 0.223 e. The zero-order chi connectivity index (χ0) is 15.5. The van der Waals surface area contributed by atoms with E-state index in [1.807, 2.05) is 11.8 Å². The van der Waals surface area contributed by atoms with Crippen LogP contribution in [0.5, 0.6) is 0 Å². The third kappa shape index (κ3) is 3.70. The molecule has 1 atom stereocenters. The van der Waals surface area contributed by atoms with Gasteiger partial charge in [0.15, 0.2) is 9.84 Å². The first-order chi connectivity index (χ1) is 9.97. The number of nitrogen functional groups attached to an aromatic ring is 1. The lowest BCUT2D eigenvalue weighted by Gasteiger charge is -2.35. The maximum atomic E-state index is 12.3. The summed E-state index contributed by atoms with van der Waals surface area (Å²) in [6.07, 6.45) is 0. The number of hydrogen-bond acceptors (Lipinski definition) is 8. The van der Waals surface area contributed by atoms with Gasteiger partial charge in [-0.25, -0.2) is 8.42 Å². The minimum absolute atomic E-state index is 0.120. The zero-order valence-electron chi connectivity index (χ0n) is 12.2. The maximum absolute atomic E-state index is 12.3. The number of sulfone groups is 1. The van der Waals surface area contributed by atoms with Crippen molar-refractivity contribution >= 4 is 39.2 Å². The molecule has 9 heteroatoms. The lowest BCUT2D eigenvalue weighted by Crippen LogP contribution is -2.48. The van der Waals surface area contributed by atoms with E-state index in [9.17, 15) is 8.42 Å². The van der Waals surface area contributed by atoms with Crippen molar-refractivity contribution in [2.75, 3.05) is 46.3 Å². The molecule has 7 nitrogen and oxygen atoms in total. The predicted molar refractivity (Wildman–Crippen MR) is 88.5 cm³/mol. The van der Waals surface area contributed by atoms with E-state index in [-0.39, 0.29) is 11.7 Å². The number of nitrogens with zero attached hydrogens (tertiary/aromatic N) is 3. The average molecular weight is 331 g/mol. The Bertz CT molecular complexity index is 593. The molecule has 0 aromatic carbocycles. The molecule has 3 N–H and O–H groups in total. The van der Waals surface area contributed by atoms with Crippen LogP contribution in [0, 0.1) is 0 Å². The molecule has 1 aliphatic rings. The lowest BCUT2D eigenvalue weighted by molar-refractivity contribution is 0.579. The summed E-state index contributed by atoms with van der Waals surface area (Å²) in [5, 5.41) is 2.53. The van der Waals surface area contributed by atoms with Crippen LogP contribution in [0.25, 0.3) is 0 Å². The van der Waals surface area contributed by atoms with E-state index < -0.39 is 15.2 Å². The Morgan fingerprint density at radius 2 is 2.24 bits per heavy atom. The van der Waals surface area contributed by atoms with Gasteiger partial charge in [0.1, 0.15) is 17.0 Å². The van der Waals surface area contributed by atoms with Gasteiger partial charge in [-0.05, 0) is 6.92 Å². The molecule has 118 valence electrons. The normalized spacial score (nSPS) is 19.5. The number of nitrogens with two attached hydrogens (primary N) is 1. The van der Waals surface area contributed by atoms with Gasteiger partial charge in [-0.2, -0.15) is 21.7 Å². The summed E-state index contributed by atoms with van der Waals surface area (Å²) in [4.78, 5) is 10.1. The summed E-state index contributed by atoms with van der Waals surface area (Å²) in [5.41, 5.74) is 5.74. The third-order valence-electron chi connectivity index (χ3n) is 3.28. The minimum atomic E-state index is -3.17. The summed E-state index contributed by atoms with van der Waals surface area (Å²) in [6.45, 7) is 4.98. The van der Waals surface area contributed by atoms with E-state index in [1.165, 1.54) is 0 Å². The molecule has 21 heavy (non-hydrogen) atoms. The highest BCUT2D eigenvalue weighted by Gasteiger charge is 2.34. The number of rotatable bonds is 5. The number of hydrogen-bond donors (Lipinski definition) is 2. The van der Waals surface area contributed by atoms with Crippen molar-refractivity contribution < 1.29 is 8.42 Å². The quantitative estimate of drug-likeness (QED) is 0.817. The monoisotopic (exact) mass is 331 g/mol. The van der Waals surface area contributed by atoms with Crippen molar-refractivity contribution in [3.8, 4) is 0 Å². The van der Waals surface area contributed by atoms with Gasteiger partial charge < -0.3 is 16.0 Å². The molecule has 0 saturated carbocycles. The van der Waals surface area contributed by atoms with Crippen molar-refractivity contribution in [3.63, 3.8) is 0 Å². The fourth-order valence-electron chi connectivity index (χ4n) is 2.20. The highest BCUT2D eigenvalue weighted by atomic mass is 32.2. The fourth-order valence-corrected chi connectivity index (χ4v) is 5.18. The standard InChI is InChI=1S/C12H21N5O2S2/c1-3-14-9-7-10(16-12(13)15-9)17-5-6-20-8-11(17)21(18,19)4-2/h7,11H,3-6,8H2,1-2H3,(H3,13,14,15,16). The summed E-state index contributed by atoms with van der Waals surface area (Å²) in [6, 6.07) is 1.76. The van der Waals surface area contributed by atoms with Gasteiger partial charge in [-0.3, -0.25) is 0 Å². The van der Waals surface area contributed by atoms with Crippen LogP contribution in [-0.4, -0.2) is 54.1 Å². The summed E-state index contributed by atoms with van der Waals surface area (Å²) in [7, 11) is -3.17. The molecule has 0 radical (unpaired) electrons. The Morgan fingerprint density at radius 1 is 1.48 bits per heavy atom. The molecule has 1 aromatic heterocycles. The molecule has 1 aromatic rings. The Labute approximate surface area is 129 Å². The molecule has 2 rings (SSSR count). The lowest BCUT2D eigenvalue weighted by atomic mass is 10.4. The number of thioether (sulfide) groups is 1. The van der Waals surface area contributed by atoms with E-state index in [0.717, 1.165) is 5.75 Å².